The van der Waals surface area contributed by atoms with Crippen molar-refractivity contribution in [2.75, 3.05) is 47.1 Å². The summed E-state index contributed by atoms with van der Waals surface area (Å²) in [6, 6.07) is 7.87. The monoisotopic (exact) mass is 441 g/mol. The molecule has 0 saturated heterocycles. The molecule has 0 amide bonds. The molecule has 5 nitrogen and oxygen atoms in total. The minimum absolute atomic E-state index is 0. The van der Waals surface area contributed by atoms with Crippen molar-refractivity contribution in [1.29, 1.82) is 0 Å². The van der Waals surface area contributed by atoms with Gasteiger partial charge in [0.1, 0.15) is 0 Å². The van der Waals surface area contributed by atoms with Crippen molar-refractivity contribution in [3.05, 3.63) is 34.9 Å². The average molecular weight is 442 g/mol. The number of aliphatic imine (C=N–C) groups is 1. The highest BCUT2D eigenvalue weighted by molar-refractivity contribution is 14.0. The lowest BCUT2D eigenvalue weighted by atomic mass is 10.1. The van der Waals surface area contributed by atoms with Crippen molar-refractivity contribution >= 4 is 41.5 Å². The van der Waals surface area contributed by atoms with E-state index < -0.39 is 0 Å². The number of guanidine groups is 1. The first-order valence-electron chi connectivity index (χ1n) is 7.02. The molecule has 2 N–H and O–H groups in total. The number of nitrogens with zero attached hydrogens (tertiary/aromatic N) is 1. The van der Waals surface area contributed by atoms with Gasteiger partial charge < -0.3 is 20.1 Å². The molecule has 1 aromatic carbocycles. The predicted molar refractivity (Wildman–Crippen MR) is 103 cm³/mol. The Labute approximate surface area is 154 Å². The summed E-state index contributed by atoms with van der Waals surface area (Å²) >= 11 is 5.86. The van der Waals surface area contributed by atoms with Crippen LogP contribution in [0.15, 0.2) is 29.3 Å². The summed E-state index contributed by atoms with van der Waals surface area (Å²) in [5.74, 6) is 0.777. The molecule has 0 aliphatic carbocycles. The van der Waals surface area contributed by atoms with Crippen LogP contribution in [0.3, 0.4) is 0 Å². The van der Waals surface area contributed by atoms with Gasteiger partial charge in [-0.1, -0.05) is 23.7 Å². The molecule has 0 aliphatic heterocycles. The topological polar surface area (TPSA) is 54.9 Å². The molecule has 7 heteroatoms. The molecule has 126 valence electrons. The van der Waals surface area contributed by atoms with Crippen molar-refractivity contribution in [1.82, 2.24) is 10.6 Å². The molecule has 0 unspecified atom stereocenters. The van der Waals surface area contributed by atoms with Crippen LogP contribution in [0.5, 0.6) is 0 Å². The summed E-state index contributed by atoms with van der Waals surface area (Å²) in [6.45, 7) is 3.38. The summed E-state index contributed by atoms with van der Waals surface area (Å²) in [5.41, 5.74) is 1.24. The van der Waals surface area contributed by atoms with Gasteiger partial charge in [0.25, 0.3) is 0 Å². The molecule has 0 atom stereocenters. The lowest BCUT2D eigenvalue weighted by Crippen LogP contribution is -2.39. The zero-order valence-corrected chi connectivity index (χ0v) is 16.2. The third-order valence-electron chi connectivity index (χ3n) is 2.81. The van der Waals surface area contributed by atoms with E-state index in [1.54, 1.807) is 14.2 Å². The van der Waals surface area contributed by atoms with Gasteiger partial charge in [-0.3, -0.25) is 4.99 Å². The van der Waals surface area contributed by atoms with Gasteiger partial charge in [0, 0.05) is 32.3 Å². The summed E-state index contributed by atoms with van der Waals surface area (Å²) < 4.78 is 10.3. The maximum absolute atomic E-state index is 5.86. The second kappa shape index (κ2) is 14.0. The first-order valence-corrected chi connectivity index (χ1v) is 7.39. The average Bonchev–Trinajstić information content (AvgIpc) is 2.50. The smallest absolute Gasteiger partial charge is 0.191 e. The van der Waals surface area contributed by atoms with Gasteiger partial charge >= 0.3 is 0 Å². The second-order valence-corrected chi connectivity index (χ2v) is 4.84. The molecule has 0 aromatic heterocycles. The van der Waals surface area contributed by atoms with Crippen molar-refractivity contribution in [2.45, 2.75) is 6.42 Å². The van der Waals surface area contributed by atoms with Gasteiger partial charge in [0.2, 0.25) is 0 Å². The molecule has 0 aliphatic rings. The normalized spacial score (nSPS) is 11.0. The van der Waals surface area contributed by atoms with Crippen LogP contribution in [-0.2, 0) is 15.9 Å². The van der Waals surface area contributed by atoms with Crippen LogP contribution in [0.1, 0.15) is 5.56 Å². The van der Waals surface area contributed by atoms with E-state index in [0.29, 0.717) is 26.4 Å². The highest BCUT2D eigenvalue weighted by Gasteiger charge is 1.98. The Morgan fingerprint density at radius 3 is 2.41 bits per heavy atom. The molecule has 0 fully saturated rings. The molecule has 0 spiro atoms. The number of nitrogens with one attached hydrogen (secondary N) is 2. The van der Waals surface area contributed by atoms with Crippen LogP contribution in [0.2, 0.25) is 5.02 Å². The van der Waals surface area contributed by atoms with Crippen LogP contribution in [-0.4, -0.2) is 53.0 Å². The fourth-order valence-corrected chi connectivity index (χ4v) is 1.81. The van der Waals surface area contributed by atoms with Gasteiger partial charge in [-0.2, -0.15) is 0 Å². The van der Waals surface area contributed by atoms with Crippen LogP contribution < -0.4 is 10.6 Å². The molecule has 1 aromatic rings. The van der Waals surface area contributed by atoms with E-state index in [-0.39, 0.29) is 24.0 Å². The highest BCUT2D eigenvalue weighted by atomic mass is 127. The summed E-state index contributed by atoms with van der Waals surface area (Å²) in [4.78, 5) is 4.16. The zero-order chi connectivity index (χ0) is 15.3. The standard InChI is InChI=1S/C15H24ClN3O2.HI/c1-17-15(19-9-10-21-12-11-20-2)18-8-7-13-3-5-14(16)6-4-13;/h3-6H,7-12H2,1-2H3,(H2,17,18,19);1H. The van der Waals surface area contributed by atoms with E-state index in [9.17, 15) is 0 Å². The van der Waals surface area contributed by atoms with Crippen molar-refractivity contribution in [3.63, 3.8) is 0 Å². The van der Waals surface area contributed by atoms with Gasteiger partial charge in [0.15, 0.2) is 5.96 Å². The zero-order valence-electron chi connectivity index (χ0n) is 13.1. The van der Waals surface area contributed by atoms with E-state index in [2.05, 4.69) is 15.6 Å². The summed E-state index contributed by atoms with van der Waals surface area (Å²) in [7, 11) is 3.41. The van der Waals surface area contributed by atoms with E-state index in [4.69, 9.17) is 21.1 Å². The van der Waals surface area contributed by atoms with E-state index in [1.807, 2.05) is 24.3 Å². The minimum Gasteiger partial charge on any atom is -0.382 e. The van der Waals surface area contributed by atoms with Gasteiger partial charge in [0.05, 0.1) is 19.8 Å². The predicted octanol–water partition coefficient (Wildman–Crippen LogP) is 2.33. The van der Waals surface area contributed by atoms with Crippen LogP contribution >= 0.6 is 35.6 Å². The summed E-state index contributed by atoms with van der Waals surface area (Å²) in [5, 5.41) is 7.22. The van der Waals surface area contributed by atoms with Crippen LogP contribution in [0.4, 0.5) is 0 Å². The van der Waals surface area contributed by atoms with Crippen LogP contribution in [0, 0.1) is 0 Å². The lowest BCUT2D eigenvalue weighted by molar-refractivity contribution is 0.0733. The molecule has 0 bridgehead atoms. The third kappa shape index (κ3) is 10.2. The Balaban J connectivity index is 0.00000441. The second-order valence-electron chi connectivity index (χ2n) is 4.41. The number of benzene rings is 1. The van der Waals surface area contributed by atoms with E-state index in [1.165, 1.54) is 5.56 Å². The van der Waals surface area contributed by atoms with Gasteiger partial charge in [-0.25, -0.2) is 0 Å². The van der Waals surface area contributed by atoms with Crippen molar-refractivity contribution in [2.24, 2.45) is 4.99 Å². The molecule has 0 radical (unpaired) electrons. The number of methoxy groups -OCH3 is 1. The lowest BCUT2D eigenvalue weighted by Gasteiger charge is -2.12. The van der Waals surface area contributed by atoms with Gasteiger partial charge in [-0.05, 0) is 24.1 Å². The molecule has 0 heterocycles. The van der Waals surface area contributed by atoms with E-state index in [0.717, 1.165) is 23.9 Å². The number of hydrogen-bond acceptors (Lipinski definition) is 3. The Morgan fingerprint density at radius 2 is 1.77 bits per heavy atom. The largest absolute Gasteiger partial charge is 0.382 e. The Hall–Kier alpha value is -0.570. The van der Waals surface area contributed by atoms with Crippen molar-refractivity contribution in [3.8, 4) is 0 Å². The maximum Gasteiger partial charge on any atom is 0.191 e. The van der Waals surface area contributed by atoms with E-state index >= 15 is 0 Å². The van der Waals surface area contributed by atoms with Gasteiger partial charge in [-0.15, -0.1) is 24.0 Å². The minimum atomic E-state index is 0. The fourth-order valence-electron chi connectivity index (χ4n) is 1.68. The SMILES string of the molecule is CN=C(NCCOCCOC)NCCc1ccc(Cl)cc1.I. The first-order chi connectivity index (χ1) is 10.3. The summed E-state index contributed by atoms with van der Waals surface area (Å²) in [6.07, 6.45) is 0.919. The Kier molecular flexibility index (Phi) is 13.7. The first kappa shape index (κ1) is 21.4. The maximum atomic E-state index is 5.86. The van der Waals surface area contributed by atoms with Crippen molar-refractivity contribution < 1.29 is 9.47 Å². The highest BCUT2D eigenvalue weighted by Crippen LogP contribution is 2.09. The molecular weight excluding hydrogens is 417 g/mol. The molecular formula is C15H25ClIN3O2. The number of rotatable bonds is 9. The fraction of sp³-hybridized carbons (Fsp3) is 0.533. The van der Waals surface area contributed by atoms with Crippen LogP contribution in [0.25, 0.3) is 0 Å². The Bertz CT molecular complexity index is 416. The molecule has 22 heavy (non-hydrogen) atoms. The quantitative estimate of drug-likeness (QED) is 0.267. The Morgan fingerprint density at radius 1 is 1.09 bits per heavy atom. The third-order valence-corrected chi connectivity index (χ3v) is 3.07. The molecule has 0 saturated carbocycles. The molecule has 1 rings (SSSR count). The number of hydrogen-bond donors (Lipinski definition) is 2. The number of halogens is 2. The number of ether oxygens (including phenoxy) is 2.